The average Bonchev–Trinajstić information content (AvgIpc) is 3.33. The molecule has 0 saturated heterocycles. The summed E-state index contributed by atoms with van der Waals surface area (Å²) in [5, 5.41) is 0. The molecule has 1 heterocycles. The van der Waals surface area contributed by atoms with Crippen molar-refractivity contribution in [2.24, 2.45) is 17.7 Å². The number of hydrazine groups is 1. The van der Waals surface area contributed by atoms with Crippen LogP contribution in [0.4, 0.5) is 5.82 Å². The van der Waals surface area contributed by atoms with E-state index in [0.29, 0.717) is 24.9 Å². The van der Waals surface area contributed by atoms with Gasteiger partial charge in [-0.05, 0) is 49.7 Å². The molecule has 2 aliphatic rings. The quantitative estimate of drug-likeness (QED) is 0.582. The van der Waals surface area contributed by atoms with Crippen molar-refractivity contribution >= 4 is 15.8 Å². The second-order valence-electron chi connectivity index (χ2n) is 5.70. The van der Waals surface area contributed by atoms with Crippen LogP contribution in [0.15, 0.2) is 23.2 Å². The zero-order chi connectivity index (χ0) is 14.2. The minimum absolute atomic E-state index is 0.170. The number of nitrogens with one attached hydrogen (secondary N) is 1. The average molecular weight is 296 g/mol. The predicted molar refractivity (Wildman–Crippen MR) is 76.3 cm³/mol. The number of hydrogen-bond acceptors (Lipinski definition) is 5. The number of nitrogens with zero attached hydrogens (tertiary/aromatic N) is 2. The fraction of sp³-hybridized carbons (Fsp3) is 0.615. The monoisotopic (exact) mass is 296 g/mol. The second kappa shape index (κ2) is 5.31. The Balaban J connectivity index is 1.89. The van der Waals surface area contributed by atoms with Crippen molar-refractivity contribution in [2.45, 2.75) is 30.6 Å². The molecule has 2 saturated carbocycles. The molecule has 20 heavy (non-hydrogen) atoms. The Morgan fingerprint density at radius 2 is 1.85 bits per heavy atom. The number of rotatable bonds is 7. The van der Waals surface area contributed by atoms with Crippen molar-refractivity contribution < 1.29 is 8.42 Å². The fourth-order valence-electron chi connectivity index (χ4n) is 2.29. The molecule has 0 aromatic carbocycles. The molecule has 2 aliphatic carbocycles. The van der Waals surface area contributed by atoms with Gasteiger partial charge in [0.15, 0.2) is 5.82 Å². The van der Waals surface area contributed by atoms with Crippen molar-refractivity contribution in [3.05, 3.63) is 18.3 Å². The van der Waals surface area contributed by atoms with Crippen LogP contribution in [0.1, 0.15) is 25.7 Å². The van der Waals surface area contributed by atoms with E-state index in [2.05, 4.69) is 10.4 Å². The van der Waals surface area contributed by atoms with Crippen LogP contribution < -0.4 is 11.3 Å². The highest BCUT2D eigenvalue weighted by molar-refractivity contribution is 7.89. The molecule has 0 aliphatic heterocycles. The van der Waals surface area contributed by atoms with Gasteiger partial charge in [0, 0.05) is 19.3 Å². The van der Waals surface area contributed by atoms with Gasteiger partial charge in [0.05, 0.1) is 0 Å². The summed E-state index contributed by atoms with van der Waals surface area (Å²) in [5.74, 6) is 6.64. The SMILES string of the molecule is NNc1ncccc1S(=O)(=O)N(CC1CC1)CC1CC1. The highest BCUT2D eigenvalue weighted by atomic mass is 32.2. The Morgan fingerprint density at radius 3 is 2.35 bits per heavy atom. The molecule has 0 spiro atoms. The van der Waals surface area contributed by atoms with Crippen LogP contribution in [-0.2, 0) is 10.0 Å². The lowest BCUT2D eigenvalue weighted by Crippen LogP contribution is -2.35. The first-order valence-corrected chi connectivity index (χ1v) is 8.47. The number of anilines is 1. The molecule has 1 aromatic rings. The third kappa shape index (κ3) is 2.94. The van der Waals surface area contributed by atoms with Crippen LogP contribution in [0.3, 0.4) is 0 Å². The van der Waals surface area contributed by atoms with Gasteiger partial charge >= 0.3 is 0 Å². The van der Waals surface area contributed by atoms with Gasteiger partial charge in [-0.1, -0.05) is 0 Å². The molecule has 1 aromatic heterocycles. The molecule has 0 bridgehead atoms. The van der Waals surface area contributed by atoms with Crippen LogP contribution in [0, 0.1) is 11.8 Å². The summed E-state index contributed by atoms with van der Waals surface area (Å²) in [6, 6.07) is 3.18. The Bertz CT molecular complexity index is 568. The van der Waals surface area contributed by atoms with E-state index in [1.807, 2.05) is 0 Å². The summed E-state index contributed by atoms with van der Waals surface area (Å²) in [6.07, 6.45) is 6.05. The Hall–Kier alpha value is -1.18. The highest BCUT2D eigenvalue weighted by Crippen LogP contribution is 2.36. The summed E-state index contributed by atoms with van der Waals surface area (Å²) in [7, 11) is -3.53. The van der Waals surface area contributed by atoms with E-state index in [9.17, 15) is 8.42 Å². The smallest absolute Gasteiger partial charge is 0.246 e. The van der Waals surface area contributed by atoms with E-state index in [-0.39, 0.29) is 10.7 Å². The van der Waals surface area contributed by atoms with Crippen LogP contribution in [0.25, 0.3) is 0 Å². The van der Waals surface area contributed by atoms with Crippen molar-refractivity contribution in [3.8, 4) is 0 Å². The molecule has 2 fully saturated rings. The summed E-state index contributed by atoms with van der Waals surface area (Å²) in [4.78, 5) is 4.16. The lowest BCUT2D eigenvalue weighted by Gasteiger charge is -2.22. The molecule has 6 nitrogen and oxygen atoms in total. The number of aromatic nitrogens is 1. The lowest BCUT2D eigenvalue weighted by molar-refractivity contribution is 0.382. The van der Waals surface area contributed by atoms with E-state index in [0.717, 1.165) is 25.7 Å². The normalized spacial score (nSPS) is 19.3. The zero-order valence-corrected chi connectivity index (χ0v) is 12.1. The van der Waals surface area contributed by atoms with Gasteiger partial charge in [0.25, 0.3) is 0 Å². The fourth-order valence-corrected chi connectivity index (χ4v) is 3.99. The Morgan fingerprint density at radius 1 is 1.25 bits per heavy atom. The van der Waals surface area contributed by atoms with Crippen molar-refractivity contribution in [3.63, 3.8) is 0 Å². The molecule has 0 unspecified atom stereocenters. The van der Waals surface area contributed by atoms with Gasteiger partial charge in [-0.3, -0.25) is 0 Å². The third-order valence-electron chi connectivity index (χ3n) is 3.84. The van der Waals surface area contributed by atoms with Crippen LogP contribution in [0.5, 0.6) is 0 Å². The molecular formula is C13H20N4O2S. The molecule has 0 atom stereocenters. The van der Waals surface area contributed by atoms with Crippen LogP contribution in [0.2, 0.25) is 0 Å². The molecule has 7 heteroatoms. The maximum absolute atomic E-state index is 12.8. The number of nitrogen functional groups attached to an aromatic ring is 1. The van der Waals surface area contributed by atoms with E-state index in [1.165, 1.54) is 6.20 Å². The summed E-state index contributed by atoms with van der Waals surface area (Å²) >= 11 is 0. The Kier molecular flexibility index (Phi) is 3.66. The largest absolute Gasteiger partial charge is 0.307 e. The van der Waals surface area contributed by atoms with Crippen LogP contribution >= 0.6 is 0 Å². The summed E-state index contributed by atoms with van der Waals surface area (Å²) in [6.45, 7) is 1.25. The minimum atomic E-state index is -3.53. The topological polar surface area (TPSA) is 88.3 Å². The highest BCUT2D eigenvalue weighted by Gasteiger charge is 2.36. The van der Waals surface area contributed by atoms with E-state index in [4.69, 9.17) is 5.84 Å². The second-order valence-corrected chi connectivity index (χ2v) is 7.61. The first-order chi connectivity index (χ1) is 9.61. The maximum Gasteiger partial charge on any atom is 0.246 e. The van der Waals surface area contributed by atoms with Gasteiger partial charge in [0.1, 0.15) is 4.90 Å². The molecule has 0 radical (unpaired) electrons. The first-order valence-electron chi connectivity index (χ1n) is 7.03. The van der Waals surface area contributed by atoms with E-state index >= 15 is 0 Å². The standard InChI is InChI=1S/C13H20N4O2S/c14-16-13-12(2-1-7-15-13)20(18,19)17(8-10-3-4-10)9-11-5-6-11/h1-2,7,10-11H,3-6,8-9,14H2,(H,15,16). The third-order valence-corrected chi connectivity index (χ3v) is 5.71. The molecule has 110 valence electrons. The van der Waals surface area contributed by atoms with Crippen molar-refractivity contribution in [2.75, 3.05) is 18.5 Å². The number of nitrogens with two attached hydrogens (primary N) is 1. The summed E-state index contributed by atoms with van der Waals surface area (Å²) in [5.41, 5.74) is 2.38. The molecule has 0 amide bonds. The lowest BCUT2D eigenvalue weighted by atomic mass is 10.4. The number of pyridine rings is 1. The molecule has 3 N–H and O–H groups in total. The van der Waals surface area contributed by atoms with Gasteiger partial charge in [-0.2, -0.15) is 4.31 Å². The van der Waals surface area contributed by atoms with Gasteiger partial charge in [-0.25, -0.2) is 19.2 Å². The van der Waals surface area contributed by atoms with E-state index < -0.39 is 10.0 Å². The molecular weight excluding hydrogens is 276 g/mol. The predicted octanol–water partition coefficient (Wildman–Crippen LogP) is 1.18. The Labute approximate surface area is 119 Å². The number of hydrogen-bond donors (Lipinski definition) is 2. The molecule has 3 rings (SSSR count). The maximum atomic E-state index is 12.8. The van der Waals surface area contributed by atoms with Crippen molar-refractivity contribution in [1.29, 1.82) is 0 Å². The van der Waals surface area contributed by atoms with E-state index in [1.54, 1.807) is 16.4 Å². The first kappa shape index (κ1) is 13.8. The van der Waals surface area contributed by atoms with Crippen LogP contribution in [-0.4, -0.2) is 30.8 Å². The van der Waals surface area contributed by atoms with Gasteiger partial charge in [-0.15, -0.1) is 0 Å². The van der Waals surface area contributed by atoms with Crippen molar-refractivity contribution in [1.82, 2.24) is 9.29 Å². The van der Waals surface area contributed by atoms with Gasteiger partial charge < -0.3 is 5.43 Å². The van der Waals surface area contributed by atoms with Gasteiger partial charge in [0.2, 0.25) is 10.0 Å². The zero-order valence-electron chi connectivity index (χ0n) is 11.3. The summed E-state index contributed by atoms with van der Waals surface area (Å²) < 4.78 is 27.3. The minimum Gasteiger partial charge on any atom is -0.307 e. The number of sulfonamides is 1.